The van der Waals surface area contributed by atoms with E-state index in [-0.39, 0.29) is 16.4 Å². The second kappa shape index (κ2) is 5.69. The van der Waals surface area contributed by atoms with Crippen LogP contribution >= 0.6 is 11.6 Å². The second-order valence-electron chi connectivity index (χ2n) is 4.18. The van der Waals surface area contributed by atoms with Crippen LogP contribution in [0.5, 0.6) is 0 Å². The van der Waals surface area contributed by atoms with E-state index in [0.717, 1.165) is 0 Å². The van der Waals surface area contributed by atoms with Crippen molar-refractivity contribution in [2.24, 2.45) is 5.73 Å². The molecule has 0 fully saturated rings. The highest BCUT2D eigenvalue weighted by Crippen LogP contribution is 2.34. The minimum atomic E-state index is -4.57. The van der Waals surface area contributed by atoms with Crippen LogP contribution < -0.4 is 5.73 Å². The molecule has 0 radical (unpaired) electrons. The fourth-order valence-electron chi connectivity index (χ4n) is 1.78. The zero-order valence-corrected chi connectivity index (χ0v) is 11.2. The zero-order valence-electron chi connectivity index (χ0n) is 10.4. The third-order valence-corrected chi connectivity index (χ3v) is 3.04. The molecule has 0 aliphatic carbocycles. The maximum absolute atomic E-state index is 12.6. The van der Waals surface area contributed by atoms with E-state index in [1.807, 2.05) is 0 Å². The number of amides is 1. The number of alkyl halides is 3. The summed E-state index contributed by atoms with van der Waals surface area (Å²) in [5.41, 5.74) is 4.50. The maximum atomic E-state index is 12.6. The molecule has 110 valence electrons. The molecule has 1 amide bonds. The lowest BCUT2D eigenvalue weighted by atomic mass is 9.98. The summed E-state index contributed by atoms with van der Waals surface area (Å²) in [4.78, 5) is 19.2. The van der Waals surface area contributed by atoms with Crippen LogP contribution in [0.3, 0.4) is 0 Å². The van der Waals surface area contributed by atoms with E-state index in [1.54, 1.807) is 12.1 Å². The minimum absolute atomic E-state index is 0.0594. The van der Waals surface area contributed by atoms with Gasteiger partial charge in [0.1, 0.15) is 5.92 Å². The average Bonchev–Trinajstić information content (AvgIpc) is 2.40. The molecule has 2 rings (SSSR count). The van der Waals surface area contributed by atoms with Crippen molar-refractivity contribution < 1.29 is 18.0 Å². The van der Waals surface area contributed by atoms with Crippen LogP contribution in [0, 0.1) is 0 Å². The number of hydrogen-bond donors (Lipinski definition) is 1. The number of hydrogen-bond acceptors (Lipinski definition) is 3. The standard InChI is InChI=1S/C13H9ClF3N3O/c14-8-5-7(13(15,16)17)6-20-11(8)10(12(18)21)9-3-1-2-4-19-9/h1-6,10H,(H2,18,21)/t10-/m0/s1. The Morgan fingerprint density at radius 1 is 1.29 bits per heavy atom. The molecular formula is C13H9ClF3N3O. The summed E-state index contributed by atoms with van der Waals surface area (Å²) in [6.07, 6.45) is -2.52. The van der Waals surface area contributed by atoms with E-state index in [0.29, 0.717) is 12.3 Å². The predicted molar refractivity (Wildman–Crippen MR) is 69.5 cm³/mol. The van der Waals surface area contributed by atoms with Crippen molar-refractivity contribution in [2.45, 2.75) is 12.1 Å². The largest absolute Gasteiger partial charge is 0.417 e. The third kappa shape index (κ3) is 3.30. The highest BCUT2D eigenvalue weighted by Gasteiger charge is 2.33. The first-order valence-electron chi connectivity index (χ1n) is 5.73. The lowest BCUT2D eigenvalue weighted by Crippen LogP contribution is -2.24. The molecular weight excluding hydrogens is 307 g/mol. The Bertz CT molecular complexity index is 661. The molecule has 2 aromatic rings. The van der Waals surface area contributed by atoms with Crippen molar-refractivity contribution in [1.82, 2.24) is 9.97 Å². The van der Waals surface area contributed by atoms with Gasteiger partial charge in [-0.25, -0.2) is 0 Å². The first kappa shape index (κ1) is 15.2. The van der Waals surface area contributed by atoms with E-state index in [1.165, 1.54) is 12.3 Å². The van der Waals surface area contributed by atoms with Crippen LogP contribution in [-0.4, -0.2) is 15.9 Å². The van der Waals surface area contributed by atoms with E-state index in [2.05, 4.69) is 9.97 Å². The second-order valence-corrected chi connectivity index (χ2v) is 4.59. The van der Waals surface area contributed by atoms with Gasteiger partial charge in [-0.15, -0.1) is 0 Å². The Kier molecular flexibility index (Phi) is 4.13. The Labute approximate surface area is 122 Å². The number of nitrogens with two attached hydrogens (primary N) is 1. The lowest BCUT2D eigenvalue weighted by Gasteiger charge is -2.15. The molecule has 2 aromatic heterocycles. The number of nitrogens with zero attached hydrogens (tertiary/aromatic N) is 2. The van der Waals surface area contributed by atoms with Crippen LogP contribution in [0.25, 0.3) is 0 Å². The summed E-state index contributed by atoms with van der Waals surface area (Å²) >= 11 is 5.83. The lowest BCUT2D eigenvalue weighted by molar-refractivity contribution is -0.137. The highest BCUT2D eigenvalue weighted by molar-refractivity contribution is 6.31. The Hall–Kier alpha value is -2.15. The van der Waals surface area contributed by atoms with Gasteiger partial charge in [-0.3, -0.25) is 14.8 Å². The summed E-state index contributed by atoms with van der Waals surface area (Å²) in [7, 11) is 0. The summed E-state index contributed by atoms with van der Waals surface area (Å²) < 4.78 is 37.7. The molecule has 0 unspecified atom stereocenters. The van der Waals surface area contributed by atoms with Crippen molar-refractivity contribution in [2.75, 3.05) is 0 Å². The topological polar surface area (TPSA) is 68.9 Å². The van der Waals surface area contributed by atoms with Crippen molar-refractivity contribution >= 4 is 17.5 Å². The zero-order chi connectivity index (χ0) is 15.6. The molecule has 0 aliphatic heterocycles. The van der Waals surface area contributed by atoms with Crippen LogP contribution in [0.2, 0.25) is 5.02 Å². The van der Waals surface area contributed by atoms with Crippen LogP contribution in [0.15, 0.2) is 36.7 Å². The number of carbonyl (C=O) groups is 1. The molecule has 1 atom stereocenters. The van der Waals surface area contributed by atoms with E-state index < -0.39 is 23.6 Å². The van der Waals surface area contributed by atoms with E-state index in [4.69, 9.17) is 17.3 Å². The van der Waals surface area contributed by atoms with E-state index in [9.17, 15) is 18.0 Å². The van der Waals surface area contributed by atoms with Gasteiger partial charge in [0, 0.05) is 12.4 Å². The van der Waals surface area contributed by atoms with Crippen molar-refractivity contribution in [1.29, 1.82) is 0 Å². The monoisotopic (exact) mass is 315 g/mol. The fraction of sp³-hybridized carbons (Fsp3) is 0.154. The van der Waals surface area contributed by atoms with Gasteiger partial charge >= 0.3 is 6.18 Å². The molecule has 2 heterocycles. The molecule has 0 saturated carbocycles. The van der Waals surface area contributed by atoms with Gasteiger partial charge in [-0.2, -0.15) is 13.2 Å². The van der Waals surface area contributed by atoms with Crippen LogP contribution in [0.1, 0.15) is 22.9 Å². The van der Waals surface area contributed by atoms with Gasteiger partial charge in [-0.05, 0) is 18.2 Å². The predicted octanol–water partition coefficient (Wildman–Crippen LogP) is 2.77. The average molecular weight is 316 g/mol. The SMILES string of the molecule is NC(=O)[C@@H](c1ccccn1)c1ncc(C(F)(F)F)cc1Cl. The molecule has 0 aromatic carbocycles. The Balaban J connectivity index is 2.50. The molecule has 21 heavy (non-hydrogen) atoms. The van der Waals surface area contributed by atoms with Crippen molar-refractivity contribution in [3.05, 3.63) is 58.6 Å². The number of aromatic nitrogens is 2. The minimum Gasteiger partial charge on any atom is -0.369 e. The third-order valence-electron chi connectivity index (χ3n) is 2.74. The molecule has 0 bridgehead atoms. The van der Waals surface area contributed by atoms with Crippen LogP contribution in [-0.2, 0) is 11.0 Å². The van der Waals surface area contributed by atoms with Gasteiger partial charge in [0.25, 0.3) is 0 Å². The molecule has 0 spiro atoms. The number of pyridine rings is 2. The number of primary amides is 1. The normalized spacial score (nSPS) is 13.0. The van der Waals surface area contributed by atoms with Gasteiger partial charge < -0.3 is 5.73 Å². The molecule has 2 N–H and O–H groups in total. The first-order valence-corrected chi connectivity index (χ1v) is 6.11. The first-order chi connectivity index (χ1) is 9.80. The van der Waals surface area contributed by atoms with Gasteiger partial charge in [0.15, 0.2) is 0 Å². The summed E-state index contributed by atoms with van der Waals surface area (Å²) in [5.74, 6) is -1.91. The number of halogens is 4. The van der Waals surface area contributed by atoms with Gasteiger partial charge in [0.05, 0.1) is 22.0 Å². The molecule has 0 aliphatic rings. The highest BCUT2D eigenvalue weighted by atomic mass is 35.5. The van der Waals surface area contributed by atoms with Crippen LogP contribution in [0.4, 0.5) is 13.2 Å². The molecule has 8 heteroatoms. The number of rotatable bonds is 3. The van der Waals surface area contributed by atoms with Gasteiger partial charge in [0.2, 0.25) is 5.91 Å². The summed E-state index contributed by atoms with van der Waals surface area (Å²) in [5, 5.41) is -0.292. The fourth-order valence-corrected chi connectivity index (χ4v) is 2.06. The Morgan fingerprint density at radius 3 is 2.48 bits per heavy atom. The summed E-state index contributed by atoms with van der Waals surface area (Å²) in [6.45, 7) is 0. The van der Waals surface area contributed by atoms with E-state index >= 15 is 0 Å². The van der Waals surface area contributed by atoms with Gasteiger partial charge in [-0.1, -0.05) is 17.7 Å². The molecule has 4 nitrogen and oxygen atoms in total. The Morgan fingerprint density at radius 2 is 2.00 bits per heavy atom. The summed E-state index contributed by atoms with van der Waals surface area (Å²) in [6, 6.07) is 5.48. The maximum Gasteiger partial charge on any atom is 0.417 e. The molecule has 0 saturated heterocycles. The number of carbonyl (C=O) groups excluding carboxylic acids is 1. The van der Waals surface area contributed by atoms with Crippen molar-refractivity contribution in [3.8, 4) is 0 Å². The smallest absolute Gasteiger partial charge is 0.369 e. The van der Waals surface area contributed by atoms with Crippen molar-refractivity contribution in [3.63, 3.8) is 0 Å². The quantitative estimate of drug-likeness (QED) is 0.947.